The van der Waals surface area contributed by atoms with Crippen LogP contribution < -0.4 is 5.73 Å². The van der Waals surface area contributed by atoms with Gasteiger partial charge >= 0.3 is 5.97 Å². The molecule has 0 radical (unpaired) electrons. The summed E-state index contributed by atoms with van der Waals surface area (Å²) >= 11 is 0. The first-order chi connectivity index (χ1) is 6.43. The van der Waals surface area contributed by atoms with Gasteiger partial charge in [0.05, 0.1) is 0 Å². The van der Waals surface area contributed by atoms with Crippen LogP contribution in [0, 0.1) is 11.8 Å². The SMILES string of the molecule is CC1CN(C(C)C(N)C(=O)O)CC1C. The fraction of sp³-hybridized carbons (Fsp3) is 0.900. The Labute approximate surface area is 85.1 Å². The fourth-order valence-electron chi connectivity index (χ4n) is 1.94. The Morgan fingerprint density at radius 1 is 1.43 bits per heavy atom. The second-order valence-corrected chi connectivity index (χ2v) is 4.51. The van der Waals surface area contributed by atoms with Crippen molar-refractivity contribution in [3.05, 3.63) is 0 Å². The third-order valence-corrected chi connectivity index (χ3v) is 3.40. The highest BCUT2D eigenvalue weighted by atomic mass is 16.4. The minimum atomic E-state index is -0.912. The van der Waals surface area contributed by atoms with Crippen molar-refractivity contribution in [1.82, 2.24) is 4.90 Å². The lowest BCUT2D eigenvalue weighted by Crippen LogP contribution is -2.49. The van der Waals surface area contributed by atoms with Crippen molar-refractivity contribution in [2.75, 3.05) is 13.1 Å². The zero-order valence-corrected chi connectivity index (χ0v) is 9.10. The highest BCUT2D eigenvalue weighted by Crippen LogP contribution is 2.24. The molecule has 3 N–H and O–H groups in total. The number of likely N-dealkylation sites (tertiary alicyclic amines) is 1. The van der Waals surface area contributed by atoms with Gasteiger partial charge in [0.1, 0.15) is 6.04 Å². The molecule has 82 valence electrons. The van der Waals surface area contributed by atoms with Crippen LogP contribution in [0.5, 0.6) is 0 Å². The number of hydrogen-bond acceptors (Lipinski definition) is 3. The maximum Gasteiger partial charge on any atom is 0.322 e. The summed E-state index contributed by atoms with van der Waals surface area (Å²) in [7, 11) is 0. The molecule has 1 heterocycles. The Hall–Kier alpha value is -0.610. The van der Waals surface area contributed by atoms with Crippen molar-refractivity contribution < 1.29 is 9.90 Å². The van der Waals surface area contributed by atoms with E-state index in [9.17, 15) is 4.79 Å². The van der Waals surface area contributed by atoms with Crippen molar-refractivity contribution in [2.24, 2.45) is 17.6 Å². The summed E-state index contributed by atoms with van der Waals surface area (Å²) in [6.45, 7) is 8.21. The summed E-state index contributed by atoms with van der Waals surface area (Å²) in [4.78, 5) is 12.9. The number of carbonyl (C=O) groups is 1. The van der Waals surface area contributed by atoms with Crippen LogP contribution >= 0.6 is 0 Å². The van der Waals surface area contributed by atoms with Crippen LogP contribution in [0.1, 0.15) is 20.8 Å². The molecule has 1 saturated heterocycles. The van der Waals surface area contributed by atoms with Crippen molar-refractivity contribution >= 4 is 5.97 Å². The molecular formula is C10H20N2O2. The van der Waals surface area contributed by atoms with E-state index >= 15 is 0 Å². The van der Waals surface area contributed by atoms with Gasteiger partial charge in [-0.25, -0.2) is 0 Å². The average molecular weight is 200 g/mol. The maximum atomic E-state index is 10.7. The Morgan fingerprint density at radius 3 is 2.21 bits per heavy atom. The number of carboxylic acid groups (broad SMARTS) is 1. The molecule has 0 amide bonds. The first-order valence-corrected chi connectivity index (χ1v) is 5.16. The number of rotatable bonds is 3. The van der Waals surface area contributed by atoms with Gasteiger partial charge in [0.25, 0.3) is 0 Å². The Morgan fingerprint density at radius 2 is 1.86 bits per heavy atom. The van der Waals surface area contributed by atoms with Gasteiger partial charge in [-0.1, -0.05) is 13.8 Å². The van der Waals surface area contributed by atoms with Gasteiger partial charge in [0, 0.05) is 19.1 Å². The number of aliphatic carboxylic acids is 1. The molecule has 14 heavy (non-hydrogen) atoms. The molecule has 0 saturated carbocycles. The molecule has 4 heteroatoms. The first-order valence-electron chi connectivity index (χ1n) is 5.16. The minimum absolute atomic E-state index is 0.0695. The van der Waals surface area contributed by atoms with E-state index in [4.69, 9.17) is 10.8 Å². The summed E-state index contributed by atoms with van der Waals surface area (Å²) in [6.07, 6.45) is 0. The third kappa shape index (κ3) is 2.25. The van der Waals surface area contributed by atoms with E-state index in [2.05, 4.69) is 18.7 Å². The second kappa shape index (κ2) is 4.28. The number of nitrogens with zero attached hydrogens (tertiary/aromatic N) is 1. The summed E-state index contributed by atoms with van der Waals surface area (Å²) < 4.78 is 0. The standard InChI is InChI=1S/C10H20N2O2/c1-6-4-12(5-7(6)2)8(3)9(11)10(13)14/h6-9H,4-5,11H2,1-3H3,(H,13,14). The lowest BCUT2D eigenvalue weighted by molar-refractivity contribution is -0.140. The van der Waals surface area contributed by atoms with E-state index < -0.39 is 12.0 Å². The van der Waals surface area contributed by atoms with Crippen LogP contribution in [0.3, 0.4) is 0 Å². The van der Waals surface area contributed by atoms with Crippen molar-refractivity contribution in [3.8, 4) is 0 Å². The van der Waals surface area contributed by atoms with Crippen molar-refractivity contribution in [2.45, 2.75) is 32.9 Å². The molecule has 0 bridgehead atoms. The van der Waals surface area contributed by atoms with E-state index in [1.54, 1.807) is 0 Å². The van der Waals surface area contributed by atoms with Gasteiger partial charge in [0.15, 0.2) is 0 Å². The van der Waals surface area contributed by atoms with E-state index in [1.165, 1.54) is 0 Å². The van der Waals surface area contributed by atoms with E-state index in [0.29, 0.717) is 11.8 Å². The van der Waals surface area contributed by atoms with E-state index in [1.807, 2.05) is 6.92 Å². The predicted octanol–water partition coefficient (Wildman–Crippen LogP) is 0.375. The Bertz CT molecular complexity index is 210. The van der Waals surface area contributed by atoms with Gasteiger partial charge in [-0.3, -0.25) is 9.69 Å². The van der Waals surface area contributed by atoms with Gasteiger partial charge in [-0.15, -0.1) is 0 Å². The average Bonchev–Trinajstić information content (AvgIpc) is 2.44. The normalized spacial score (nSPS) is 32.9. The van der Waals surface area contributed by atoms with Crippen LogP contribution in [0.25, 0.3) is 0 Å². The summed E-state index contributed by atoms with van der Waals surface area (Å²) in [5, 5.41) is 8.79. The van der Waals surface area contributed by atoms with Crippen LogP contribution in [0.4, 0.5) is 0 Å². The van der Waals surface area contributed by atoms with Gasteiger partial charge in [0.2, 0.25) is 0 Å². The lowest BCUT2D eigenvalue weighted by atomic mass is 10.0. The van der Waals surface area contributed by atoms with Gasteiger partial charge < -0.3 is 10.8 Å². The van der Waals surface area contributed by atoms with Crippen LogP contribution in [0.15, 0.2) is 0 Å². The molecule has 1 fully saturated rings. The summed E-state index contributed by atoms with van der Waals surface area (Å²) in [5.41, 5.74) is 5.59. The molecule has 4 unspecified atom stereocenters. The molecule has 4 atom stereocenters. The van der Waals surface area contributed by atoms with Crippen LogP contribution in [-0.4, -0.2) is 41.1 Å². The molecule has 0 aromatic rings. The van der Waals surface area contributed by atoms with Gasteiger partial charge in [-0.05, 0) is 18.8 Å². The zero-order valence-electron chi connectivity index (χ0n) is 9.10. The quantitative estimate of drug-likeness (QED) is 0.691. The molecule has 1 aliphatic heterocycles. The molecule has 0 aliphatic carbocycles. The number of carboxylic acids is 1. The van der Waals surface area contributed by atoms with Crippen molar-refractivity contribution in [3.63, 3.8) is 0 Å². The number of nitrogens with two attached hydrogens (primary N) is 1. The van der Waals surface area contributed by atoms with Gasteiger partial charge in [-0.2, -0.15) is 0 Å². The second-order valence-electron chi connectivity index (χ2n) is 4.51. The summed E-state index contributed by atoms with van der Waals surface area (Å²) in [5.74, 6) is 0.363. The molecule has 4 nitrogen and oxygen atoms in total. The fourth-order valence-corrected chi connectivity index (χ4v) is 1.94. The molecule has 0 aromatic heterocycles. The molecule has 0 spiro atoms. The van der Waals surface area contributed by atoms with Crippen LogP contribution in [-0.2, 0) is 4.79 Å². The van der Waals surface area contributed by atoms with Crippen LogP contribution in [0.2, 0.25) is 0 Å². The highest BCUT2D eigenvalue weighted by Gasteiger charge is 2.33. The van der Waals surface area contributed by atoms with E-state index in [-0.39, 0.29) is 6.04 Å². The Kier molecular flexibility index (Phi) is 3.50. The third-order valence-electron chi connectivity index (χ3n) is 3.40. The molecule has 1 aliphatic rings. The topological polar surface area (TPSA) is 66.6 Å². The van der Waals surface area contributed by atoms with E-state index in [0.717, 1.165) is 13.1 Å². The minimum Gasteiger partial charge on any atom is -0.480 e. The smallest absolute Gasteiger partial charge is 0.322 e. The largest absolute Gasteiger partial charge is 0.480 e. The number of hydrogen-bond donors (Lipinski definition) is 2. The Balaban J connectivity index is 2.54. The lowest BCUT2D eigenvalue weighted by Gasteiger charge is -2.27. The first kappa shape index (κ1) is 11.5. The summed E-state index contributed by atoms with van der Waals surface area (Å²) in [6, 6.07) is -0.840. The monoisotopic (exact) mass is 200 g/mol. The zero-order chi connectivity index (χ0) is 10.9. The predicted molar refractivity (Wildman–Crippen MR) is 55.0 cm³/mol. The molecular weight excluding hydrogens is 180 g/mol. The molecule has 1 rings (SSSR count). The maximum absolute atomic E-state index is 10.7. The molecule has 0 aromatic carbocycles. The van der Waals surface area contributed by atoms with Crippen molar-refractivity contribution in [1.29, 1.82) is 0 Å². The highest BCUT2D eigenvalue weighted by molar-refractivity contribution is 5.74.